The van der Waals surface area contributed by atoms with Crippen molar-refractivity contribution < 1.29 is 27.5 Å². The highest BCUT2D eigenvalue weighted by molar-refractivity contribution is 7.17. The first-order valence-electron chi connectivity index (χ1n) is 11.5. The summed E-state index contributed by atoms with van der Waals surface area (Å²) < 4.78 is 47.3. The molecule has 1 N–H and O–H groups in total. The van der Waals surface area contributed by atoms with Crippen LogP contribution in [-0.4, -0.2) is 27.8 Å². The summed E-state index contributed by atoms with van der Waals surface area (Å²) in [5.41, 5.74) is 1.10. The molecule has 0 saturated heterocycles. The molecule has 0 fully saturated rings. The largest absolute Gasteiger partial charge is 0.459 e. The number of anilines is 1. The van der Waals surface area contributed by atoms with E-state index >= 15 is 0 Å². The summed E-state index contributed by atoms with van der Waals surface area (Å²) in [5, 5.41) is 6.98. The number of amides is 1. The molecule has 2 aliphatic rings. The molecule has 0 unspecified atom stereocenters. The Kier molecular flexibility index (Phi) is 6.83. The predicted molar refractivity (Wildman–Crippen MR) is 119 cm³/mol. The van der Waals surface area contributed by atoms with Gasteiger partial charge >= 0.3 is 12.1 Å². The molecule has 6 nitrogen and oxygen atoms in total. The third-order valence-electron chi connectivity index (χ3n) is 6.04. The van der Waals surface area contributed by atoms with Gasteiger partial charge < -0.3 is 10.1 Å². The van der Waals surface area contributed by atoms with Crippen molar-refractivity contribution >= 4 is 28.2 Å². The maximum atomic E-state index is 13.6. The second kappa shape index (κ2) is 9.48. The molecule has 1 amide bonds. The molecular weight excluding hydrogens is 455 g/mol. The third-order valence-corrected chi connectivity index (χ3v) is 7.25. The van der Waals surface area contributed by atoms with Crippen molar-refractivity contribution in [1.82, 2.24) is 9.78 Å². The maximum Gasteiger partial charge on any atom is 0.435 e. The fraction of sp³-hybridized carbons (Fsp3) is 0.609. The normalized spacial score (nSPS) is 16.2. The van der Waals surface area contributed by atoms with E-state index in [1.165, 1.54) is 16.0 Å². The zero-order valence-electron chi connectivity index (χ0n) is 18.8. The lowest BCUT2D eigenvalue weighted by Gasteiger charge is -2.14. The summed E-state index contributed by atoms with van der Waals surface area (Å²) in [6.07, 6.45) is 1.75. The lowest BCUT2D eigenvalue weighted by Crippen LogP contribution is -2.23. The van der Waals surface area contributed by atoms with Crippen LogP contribution in [-0.2, 0) is 47.9 Å². The fourth-order valence-corrected chi connectivity index (χ4v) is 5.94. The number of nitrogens with one attached hydrogen (secondary N) is 1. The first-order valence-corrected chi connectivity index (χ1v) is 12.3. The summed E-state index contributed by atoms with van der Waals surface area (Å²) in [6.45, 7) is 3.19. The minimum Gasteiger partial charge on any atom is -0.459 e. The van der Waals surface area contributed by atoms with Crippen LogP contribution in [0.2, 0.25) is 0 Å². The SMILES string of the molecule is CC(C)OC(=O)c1c(NC(=O)Cn2nc(C(F)(F)F)c3c2CCCCC3)sc2c1CCCC2. The summed E-state index contributed by atoms with van der Waals surface area (Å²) in [7, 11) is 0. The second-order valence-electron chi connectivity index (χ2n) is 8.91. The van der Waals surface area contributed by atoms with Gasteiger partial charge in [-0.2, -0.15) is 18.3 Å². The van der Waals surface area contributed by atoms with Gasteiger partial charge in [0.25, 0.3) is 0 Å². The number of thiophene rings is 1. The Morgan fingerprint density at radius 2 is 1.73 bits per heavy atom. The molecule has 2 aromatic rings. The van der Waals surface area contributed by atoms with Crippen LogP contribution in [0.3, 0.4) is 0 Å². The number of carbonyl (C=O) groups is 2. The number of carbonyl (C=O) groups excluding carboxylic acids is 2. The zero-order chi connectivity index (χ0) is 23.8. The van der Waals surface area contributed by atoms with Gasteiger partial charge in [-0.15, -0.1) is 11.3 Å². The quantitative estimate of drug-likeness (QED) is 0.462. The summed E-state index contributed by atoms with van der Waals surface area (Å²) in [6, 6.07) is 0. The summed E-state index contributed by atoms with van der Waals surface area (Å²) >= 11 is 1.36. The highest BCUT2D eigenvalue weighted by atomic mass is 32.1. The Labute approximate surface area is 194 Å². The number of aromatic nitrogens is 2. The van der Waals surface area contributed by atoms with E-state index in [1.54, 1.807) is 13.8 Å². The molecule has 0 atom stereocenters. The average molecular weight is 484 g/mol. The Hall–Kier alpha value is -2.36. The number of rotatable bonds is 5. The Balaban J connectivity index is 1.61. The predicted octanol–water partition coefficient (Wildman–Crippen LogP) is 5.32. The maximum absolute atomic E-state index is 13.6. The molecule has 10 heteroatoms. The van der Waals surface area contributed by atoms with Crippen molar-refractivity contribution in [1.29, 1.82) is 0 Å². The van der Waals surface area contributed by atoms with Crippen molar-refractivity contribution in [2.75, 3.05) is 5.32 Å². The monoisotopic (exact) mass is 483 g/mol. The number of halogens is 3. The van der Waals surface area contributed by atoms with E-state index in [4.69, 9.17) is 4.74 Å². The van der Waals surface area contributed by atoms with Gasteiger partial charge in [-0.1, -0.05) is 6.42 Å². The molecule has 0 bridgehead atoms. The minimum atomic E-state index is -4.56. The molecule has 2 aromatic heterocycles. The number of nitrogens with zero attached hydrogens (tertiary/aromatic N) is 2. The molecule has 0 spiro atoms. The molecule has 0 saturated carbocycles. The lowest BCUT2D eigenvalue weighted by molar-refractivity contribution is -0.142. The molecule has 33 heavy (non-hydrogen) atoms. The lowest BCUT2D eigenvalue weighted by atomic mass is 9.95. The summed E-state index contributed by atoms with van der Waals surface area (Å²) in [4.78, 5) is 26.8. The zero-order valence-corrected chi connectivity index (χ0v) is 19.6. The molecule has 4 rings (SSSR count). The number of fused-ring (bicyclic) bond motifs is 2. The van der Waals surface area contributed by atoms with Crippen LogP contribution in [0.5, 0.6) is 0 Å². The number of aryl methyl sites for hydroxylation is 1. The van der Waals surface area contributed by atoms with Crippen molar-refractivity contribution in [3.05, 3.63) is 33.0 Å². The van der Waals surface area contributed by atoms with E-state index in [0.717, 1.165) is 49.0 Å². The number of esters is 1. The average Bonchev–Trinajstić information content (AvgIpc) is 3.14. The highest BCUT2D eigenvalue weighted by Gasteiger charge is 2.39. The van der Waals surface area contributed by atoms with Gasteiger partial charge in [0.1, 0.15) is 11.5 Å². The number of hydrogen-bond acceptors (Lipinski definition) is 5. The van der Waals surface area contributed by atoms with E-state index in [0.29, 0.717) is 35.5 Å². The van der Waals surface area contributed by atoms with Crippen LogP contribution in [0.15, 0.2) is 0 Å². The second-order valence-corrected chi connectivity index (χ2v) is 10.0. The molecular formula is C23H28F3N3O3S. The molecule has 0 aliphatic heterocycles. The minimum absolute atomic E-state index is 0.209. The topological polar surface area (TPSA) is 73.2 Å². The first-order chi connectivity index (χ1) is 15.6. The van der Waals surface area contributed by atoms with Gasteiger partial charge in [0.05, 0.1) is 11.7 Å². The van der Waals surface area contributed by atoms with Crippen LogP contribution in [0.25, 0.3) is 0 Å². The Bertz CT molecular complexity index is 1060. The summed E-state index contributed by atoms with van der Waals surface area (Å²) in [5.74, 6) is -0.984. The fourth-order valence-electron chi connectivity index (χ4n) is 4.65. The molecule has 2 aliphatic carbocycles. The van der Waals surface area contributed by atoms with Gasteiger partial charge in [0.15, 0.2) is 5.69 Å². The molecule has 2 heterocycles. The van der Waals surface area contributed by atoms with Crippen LogP contribution >= 0.6 is 11.3 Å². The van der Waals surface area contributed by atoms with Crippen LogP contribution < -0.4 is 5.32 Å². The van der Waals surface area contributed by atoms with Crippen LogP contribution in [0, 0.1) is 0 Å². The van der Waals surface area contributed by atoms with Gasteiger partial charge in [-0.3, -0.25) is 9.48 Å². The number of hydrogen-bond donors (Lipinski definition) is 1. The third kappa shape index (κ3) is 5.10. The smallest absolute Gasteiger partial charge is 0.435 e. The Morgan fingerprint density at radius 1 is 1.06 bits per heavy atom. The van der Waals surface area contributed by atoms with Gasteiger partial charge in [-0.25, -0.2) is 4.79 Å². The van der Waals surface area contributed by atoms with Crippen molar-refractivity contribution in [2.24, 2.45) is 0 Å². The molecule has 0 aromatic carbocycles. The first kappa shape index (κ1) is 23.8. The van der Waals surface area contributed by atoms with Gasteiger partial charge in [0.2, 0.25) is 5.91 Å². The van der Waals surface area contributed by atoms with E-state index in [-0.39, 0.29) is 18.2 Å². The van der Waals surface area contributed by atoms with Crippen molar-refractivity contribution in [3.8, 4) is 0 Å². The molecule has 180 valence electrons. The molecule has 0 radical (unpaired) electrons. The number of ether oxygens (including phenoxy) is 1. The Morgan fingerprint density at radius 3 is 2.45 bits per heavy atom. The van der Waals surface area contributed by atoms with Crippen LogP contribution in [0.4, 0.5) is 18.2 Å². The van der Waals surface area contributed by atoms with Gasteiger partial charge in [-0.05, 0) is 70.8 Å². The van der Waals surface area contributed by atoms with E-state index < -0.39 is 23.7 Å². The van der Waals surface area contributed by atoms with Crippen LogP contribution in [0.1, 0.15) is 83.7 Å². The number of alkyl halides is 3. The van der Waals surface area contributed by atoms with Gasteiger partial charge in [0, 0.05) is 16.1 Å². The van der Waals surface area contributed by atoms with Crippen molar-refractivity contribution in [3.63, 3.8) is 0 Å². The highest BCUT2D eigenvalue weighted by Crippen LogP contribution is 2.39. The standard InChI is InChI=1S/C23H28F3N3O3S/c1-13(2)32-22(31)19-15-9-6-7-11-17(15)33-21(19)27-18(30)12-29-16-10-5-3-4-8-14(16)20(28-29)23(24,25)26/h13H,3-12H2,1-2H3,(H,27,30). The van der Waals surface area contributed by atoms with Crippen molar-refractivity contribution in [2.45, 2.75) is 90.5 Å². The van der Waals surface area contributed by atoms with E-state index in [2.05, 4.69) is 10.4 Å². The van der Waals surface area contributed by atoms with E-state index in [9.17, 15) is 22.8 Å². The van der Waals surface area contributed by atoms with E-state index in [1.807, 2.05) is 0 Å².